The Bertz CT molecular complexity index is 544. The van der Waals surface area contributed by atoms with Crippen LogP contribution in [-0.4, -0.2) is 5.91 Å². The van der Waals surface area contributed by atoms with Gasteiger partial charge in [-0.25, -0.2) is 4.39 Å². The number of carbonyl (C=O) groups is 1. The van der Waals surface area contributed by atoms with Gasteiger partial charge in [-0.1, -0.05) is 19.1 Å². The number of halogens is 1. The summed E-state index contributed by atoms with van der Waals surface area (Å²) in [6.45, 7) is 2.06. The molecule has 0 spiro atoms. The molecule has 1 aromatic carbocycles. The molecule has 0 saturated carbocycles. The fourth-order valence-corrected chi connectivity index (χ4v) is 1.94. The van der Waals surface area contributed by atoms with E-state index in [0.717, 1.165) is 6.42 Å². The molecule has 4 heteroatoms. The molecule has 0 bridgehead atoms. The standard InChI is InChI=1S/C15H17FN2O/c1-2-10-3-6-12(7-4-10)18-15(19)13-9-11(16)5-8-14(13)17/h3-4,6-7,9H,2,5,8,17H2,1H3,(H,18,19). The van der Waals surface area contributed by atoms with Gasteiger partial charge in [-0.2, -0.15) is 0 Å². The number of amides is 1. The summed E-state index contributed by atoms with van der Waals surface area (Å²) in [7, 11) is 0. The summed E-state index contributed by atoms with van der Waals surface area (Å²) in [5, 5.41) is 2.73. The lowest BCUT2D eigenvalue weighted by Gasteiger charge is -2.13. The number of carbonyl (C=O) groups excluding carboxylic acids is 1. The Morgan fingerprint density at radius 1 is 1.32 bits per heavy atom. The predicted octanol–water partition coefficient (Wildman–Crippen LogP) is 3.05. The van der Waals surface area contributed by atoms with E-state index in [0.29, 0.717) is 17.8 Å². The van der Waals surface area contributed by atoms with Crippen molar-refractivity contribution in [3.05, 3.63) is 53.0 Å². The number of allylic oxidation sites excluding steroid dienone is 2. The van der Waals surface area contributed by atoms with Crippen molar-refractivity contribution in [3.8, 4) is 0 Å². The molecule has 1 aliphatic rings. The third-order valence-electron chi connectivity index (χ3n) is 3.14. The molecule has 19 heavy (non-hydrogen) atoms. The molecule has 1 aliphatic carbocycles. The Labute approximate surface area is 112 Å². The molecule has 0 atom stereocenters. The first-order valence-corrected chi connectivity index (χ1v) is 6.35. The molecule has 100 valence electrons. The van der Waals surface area contributed by atoms with Gasteiger partial charge in [-0.15, -0.1) is 0 Å². The van der Waals surface area contributed by atoms with Crippen LogP contribution in [0.3, 0.4) is 0 Å². The molecular formula is C15H17FN2O. The van der Waals surface area contributed by atoms with Crippen molar-refractivity contribution >= 4 is 11.6 Å². The van der Waals surface area contributed by atoms with Crippen molar-refractivity contribution < 1.29 is 9.18 Å². The molecule has 3 N–H and O–H groups in total. The lowest BCUT2D eigenvalue weighted by molar-refractivity contribution is -0.112. The third kappa shape index (κ3) is 3.22. The molecule has 1 aromatic rings. The first-order valence-electron chi connectivity index (χ1n) is 6.35. The summed E-state index contributed by atoms with van der Waals surface area (Å²) in [5.74, 6) is -0.669. The predicted molar refractivity (Wildman–Crippen MR) is 74.1 cm³/mol. The number of benzene rings is 1. The zero-order valence-electron chi connectivity index (χ0n) is 10.9. The normalized spacial score (nSPS) is 15.2. The summed E-state index contributed by atoms with van der Waals surface area (Å²) in [6.07, 6.45) is 2.82. The number of nitrogens with one attached hydrogen (secondary N) is 1. The van der Waals surface area contributed by atoms with Crippen molar-refractivity contribution in [1.29, 1.82) is 0 Å². The quantitative estimate of drug-likeness (QED) is 0.877. The van der Waals surface area contributed by atoms with Crippen LogP contribution < -0.4 is 11.1 Å². The molecule has 0 unspecified atom stereocenters. The van der Waals surface area contributed by atoms with Gasteiger partial charge in [0.15, 0.2) is 0 Å². The number of anilines is 1. The highest BCUT2D eigenvalue weighted by Gasteiger charge is 2.17. The molecule has 0 heterocycles. The number of rotatable bonds is 3. The van der Waals surface area contributed by atoms with E-state index in [9.17, 15) is 9.18 Å². The van der Waals surface area contributed by atoms with E-state index in [1.54, 1.807) is 0 Å². The van der Waals surface area contributed by atoms with Crippen molar-refractivity contribution in [2.45, 2.75) is 26.2 Å². The first-order chi connectivity index (χ1) is 9.10. The summed E-state index contributed by atoms with van der Waals surface area (Å²) in [6, 6.07) is 7.56. The second-order valence-electron chi connectivity index (χ2n) is 4.53. The van der Waals surface area contributed by atoms with Crippen molar-refractivity contribution in [2.24, 2.45) is 5.73 Å². The summed E-state index contributed by atoms with van der Waals surface area (Å²) < 4.78 is 13.2. The zero-order chi connectivity index (χ0) is 13.8. The van der Waals surface area contributed by atoms with Gasteiger partial charge in [0.2, 0.25) is 0 Å². The van der Waals surface area contributed by atoms with E-state index in [4.69, 9.17) is 5.73 Å². The van der Waals surface area contributed by atoms with Crippen LogP contribution in [0.1, 0.15) is 25.3 Å². The first kappa shape index (κ1) is 13.3. The SMILES string of the molecule is CCc1ccc(NC(=O)C2=C(N)CCC(F)=C2)cc1. The van der Waals surface area contributed by atoms with E-state index in [-0.39, 0.29) is 23.7 Å². The molecular weight excluding hydrogens is 243 g/mol. The topological polar surface area (TPSA) is 55.1 Å². The van der Waals surface area contributed by atoms with Crippen LogP contribution in [0, 0.1) is 0 Å². The van der Waals surface area contributed by atoms with Gasteiger partial charge in [0, 0.05) is 17.8 Å². The van der Waals surface area contributed by atoms with Crippen LogP contribution in [0.4, 0.5) is 10.1 Å². The van der Waals surface area contributed by atoms with E-state index >= 15 is 0 Å². The van der Waals surface area contributed by atoms with Crippen LogP contribution in [0.2, 0.25) is 0 Å². The number of nitrogens with two attached hydrogens (primary N) is 1. The van der Waals surface area contributed by atoms with Crippen LogP contribution in [0.15, 0.2) is 47.4 Å². The number of hydrogen-bond acceptors (Lipinski definition) is 2. The summed E-state index contributed by atoms with van der Waals surface area (Å²) in [4.78, 5) is 12.0. The van der Waals surface area contributed by atoms with Crippen LogP contribution in [-0.2, 0) is 11.2 Å². The maximum absolute atomic E-state index is 13.2. The summed E-state index contributed by atoms with van der Waals surface area (Å²) >= 11 is 0. The largest absolute Gasteiger partial charge is 0.401 e. The smallest absolute Gasteiger partial charge is 0.257 e. The highest BCUT2D eigenvalue weighted by atomic mass is 19.1. The summed E-state index contributed by atoms with van der Waals surface area (Å²) in [5.41, 5.74) is 8.29. The minimum atomic E-state index is -0.364. The van der Waals surface area contributed by atoms with Gasteiger partial charge in [-0.05, 0) is 36.6 Å². The fraction of sp³-hybridized carbons (Fsp3) is 0.267. The maximum Gasteiger partial charge on any atom is 0.257 e. The molecule has 0 aromatic heterocycles. The van der Waals surface area contributed by atoms with Gasteiger partial charge in [0.25, 0.3) is 5.91 Å². The molecule has 0 fully saturated rings. The van der Waals surface area contributed by atoms with Gasteiger partial charge in [0.05, 0.1) is 5.57 Å². The maximum atomic E-state index is 13.2. The van der Waals surface area contributed by atoms with Crippen LogP contribution in [0.25, 0.3) is 0 Å². The van der Waals surface area contributed by atoms with E-state index in [2.05, 4.69) is 12.2 Å². The lowest BCUT2D eigenvalue weighted by atomic mass is 10.0. The second kappa shape index (κ2) is 5.69. The van der Waals surface area contributed by atoms with Gasteiger partial charge >= 0.3 is 0 Å². The van der Waals surface area contributed by atoms with Gasteiger partial charge < -0.3 is 11.1 Å². The van der Waals surface area contributed by atoms with Crippen LogP contribution in [0.5, 0.6) is 0 Å². The monoisotopic (exact) mass is 260 g/mol. The highest BCUT2D eigenvalue weighted by molar-refractivity contribution is 6.06. The van der Waals surface area contributed by atoms with E-state index in [1.807, 2.05) is 24.3 Å². The van der Waals surface area contributed by atoms with E-state index in [1.165, 1.54) is 11.6 Å². The second-order valence-corrected chi connectivity index (χ2v) is 4.53. The third-order valence-corrected chi connectivity index (χ3v) is 3.14. The highest BCUT2D eigenvalue weighted by Crippen LogP contribution is 2.23. The molecule has 1 amide bonds. The van der Waals surface area contributed by atoms with Crippen molar-refractivity contribution in [2.75, 3.05) is 5.32 Å². The van der Waals surface area contributed by atoms with Crippen molar-refractivity contribution in [3.63, 3.8) is 0 Å². The molecule has 0 saturated heterocycles. The fourth-order valence-electron chi connectivity index (χ4n) is 1.94. The lowest BCUT2D eigenvalue weighted by Crippen LogP contribution is -2.19. The average molecular weight is 260 g/mol. The Kier molecular flexibility index (Phi) is 4.00. The number of aryl methyl sites for hydroxylation is 1. The number of hydrogen-bond donors (Lipinski definition) is 2. The van der Waals surface area contributed by atoms with Crippen molar-refractivity contribution in [1.82, 2.24) is 0 Å². The van der Waals surface area contributed by atoms with Gasteiger partial charge in [0.1, 0.15) is 5.83 Å². The Hall–Kier alpha value is -2.10. The average Bonchev–Trinajstić information content (AvgIpc) is 2.42. The zero-order valence-corrected chi connectivity index (χ0v) is 10.9. The minimum absolute atomic E-state index is 0.225. The molecule has 3 nitrogen and oxygen atoms in total. The Morgan fingerprint density at radius 3 is 2.63 bits per heavy atom. The van der Waals surface area contributed by atoms with Gasteiger partial charge in [-0.3, -0.25) is 4.79 Å². The molecule has 0 radical (unpaired) electrons. The Morgan fingerprint density at radius 2 is 2.00 bits per heavy atom. The Balaban J connectivity index is 2.12. The minimum Gasteiger partial charge on any atom is -0.401 e. The molecule has 2 rings (SSSR count). The molecule has 0 aliphatic heterocycles. The van der Waals surface area contributed by atoms with E-state index < -0.39 is 0 Å². The van der Waals surface area contributed by atoms with Crippen LogP contribution >= 0.6 is 0 Å².